The smallest absolute Gasteiger partial charge is 0.197 e. The van der Waals surface area contributed by atoms with Gasteiger partial charge in [-0.1, -0.05) is 24.3 Å². The number of hydrogen-bond donors (Lipinski definition) is 0. The monoisotopic (exact) mass is 246 g/mol. The molecule has 0 heterocycles. The minimum atomic E-state index is -0.160. The van der Waals surface area contributed by atoms with Gasteiger partial charge >= 0.3 is 0 Å². The predicted octanol–water partition coefficient (Wildman–Crippen LogP) is 2.45. The number of fused-ring (bicyclic) bond motifs is 1. The highest BCUT2D eigenvalue weighted by atomic mass is 32.2. The molecule has 1 aromatic rings. The lowest BCUT2D eigenvalue weighted by Crippen LogP contribution is -2.21. The summed E-state index contributed by atoms with van der Waals surface area (Å²) < 4.78 is 0. The number of hydrogen-bond acceptors (Lipinski definition) is 2. The van der Waals surface area contributed by atoms with Crippen molar-refractivity contribution in [3.63, 3.8) is 0 Å². The van der Waals surface area contributed by atoms with E-state index in [-0.39, 0.29) is 22.1 Å². The zero-order chi connectivity index (χ0) is 12.6. The van der Waals surface area contributed by atoms with Gasteiger partial charge < -0.3 is 0 Å². The largest absolute Gasteiger partial charge is 0.294 e. The molecular formula is C14H14O2S. The molecular weight excluding hydrogens is 232 g/mol. The number of Topliss-reactive ketones (excluding diaryl/α,β-unsaturated/α-hetero) is 2. The van der Waals surface area contributed by atoms with Gasteiger partial charge in [-0.2, -0.15) is 10.5 Å². The van der Waals surface area contributed by atoms with Crippen molar-refractivity contribution in [2.24, 2.45) is 0 Å². The highest BCUT2D eigenvalue weighted by molar-refractivity contribution is 8.15. The van der Waals surface area contributed by atoms with Crippen molar-refractivity contribution in [1.29, 1.82) is 0 Å². The minimum Gasteiger partial charge on any atom is -0.294 e. The summed E-state index contributed by atoms with van der Waals surface area (Å²) in [5.74, 6) is -0.310. The Hall–Kier alpha value is -1.48. The molecule has 0 aromatic heterocycles. The van der Waals surface area contributed by atoms with Crippen LogP contribution in [-0.2, 0) is 4.79 Å². The van der Waals surface area contributed by atoms with Gasteiger partial charge in [0.05, 0.1) is 5.57 Å². The lowest BCUT2D eigenvalue weighted by Gasteiger charge is -2.18. The molecule has 0 unspecified atom stereocenters. The van der Waals surface area contributed by atoms with E-state index < -0.39 is 0 Å². The number of ketones is 2. The van der Waals surface area contributed by atoms with Crippen LogP contribution in [0.25, 0.3) is 0 Å². The molecule has 17 heavy (non-hydrogen) atoms. The van der Waals surface area contributed by atoms with Crippen LogP contribution in [0.15, 0.2) is 35.9 Å². The topological polar surface area (TPSA) is 34.1 Å². The van der Waals surface area contributed by atoms with E-state index in [1.807, 2.05) is 18.2 Å². The molecule has 0 saturated carbocycles. The lowest BCUT2D eigenvalue weighted by atomic mass is 9.89. The first kappa shape index (κ1) is 12.0. The van der Waals surface area contributed by atoms with Crippen molar-refractivity contribution in [1.82, 2.24) is 0 Å². The fraction of sp³-hybridized carbons (Fsp3) is 0.214. The zero-order valence-electron chi connectivity index (χ0n) is 10.1. The Labute approximate surface area is 103 Å². The minimum absolute atomic E-state index is 0.0203. The van der Waals surface area contributed by atoms with Gasteiger partial charge in [0.15, 0.2) is 11.6 Å². The lowest BCUT2D eigenvalue weighted by molar-refractivity contribution is -0.113. The Morgan fingerprint density at radius 1 is 1.12 bits per heavy atom. The fourth-order valence-corrected chi connectivity index (χ4v) is 2.89. The van der Waals surface area contributed by atoms with Crippen molar-refractivity contribution >= 4 is 26.9 Å². The van der Waals surface area contributed by atoms with Crippen molar-refractivity contribution in [2.45, 2.75) is 6.92 Å². The van der Waals surface area contributed by atoms with Crippen LogP contribution < -0.4 is 0 Å². The molecule has 1 aliphatic carbocycles. The van der Waals surface area contributed by atoms with E-state index in [4.69, 9.17) is 0 Å². The molecule has 0 saturated heterocycles. The number of carbonyl (C=O) groups is 2. The van der Waals surface area contributed by atoms with Gasteiger partial charge in [-0.25, -0.2) is 0 Å². The molecule has 1 aromatic carbocycles. The third-order valence-corrected chi connectivity index (χ3v) is 3.99. The first-order chi connectivity index (χ1) is 8.02. The van der Waals surface area contributed by atoms with E-state index in [9.17, 15) is 9.59 Å². The SMILES string of the molecule is CC(=O)C1=CC(=S(C)C)c2ccccc2C1=O. The number of benzene rings is 1. The van der Waals surface area contributed by atoms with Gasteiger partial charge in [-0.05, 0) is 31.1 Å². The Bertz CT molecular complexity index is 576. The molecule has 0 fully saturated rings. The van der Waals surface area contributed by atoms with Gasteiger partial charge in [0.1, 0.15) is 0 Å². The summed E-state index contributed by atoms with van der Waals surface area (Å²) in [4.78, 5) is 24.7. The standard InChI is InChI=1S/C14H14O2S/c1-9(15)12-8-13(17(2)3)10-6-4-5-7-11(10)14(12)16/h4-8H,1-3H3. The summed E-state index contributed by atoms with van der Waals surface area (Å²) in [7, 11) is 0.0203. The van der Waals surface area contributed by atoms with Crippen LogP contribution in [0, 0.1) is 0 Å². The molecule has 2 rings (SSSR count). The first-order valence-electron chi connectivity index (χ1n) is 5.33. The maximum atomic E-state index is 12.1. The third-order valence-electron chi connectivity index (χ3n) is 2.78. The van der Waals surface area contributed by atoms with Crippen molar-refractivity contribution in [3.8, 4) is 0 Å². The summed E-state index contributed by atoms with van der Waals surface area (Å²) in [5.41, 5.74) is 1.92. The van der Waals surface area contributed by atoms with Crippen LogP contribution in [0.2, 0.25) is 0 Å². The fourth-order valence-electron chi connectivity index (χ4n) is 1.91. The molecule has 0 radical (unpaired) electrons. The number of allylic oxidation sites excluding steroid dienone is 2. The zero-order valence-corrected chi connectivity index (χ0v) is 10.9. The van der Waals surface area contributed by atoms with Crippen molar-refractivity contribution in [3.05, 3.63) is 47.0 Å². The van der Waals surface area contributed by atoms with E-state index in [1.165, 1.54) is 6.92 Å². The third kappa shape index (κ3) is 2.03. The molecule has 0 atom stereocenters. The average molecular weight is 246 g/mol. The van der Waals surface area contributed by atoms with Crippen molar-refractivity contribution < 1.29 is 9.59 Å². The Balaban J connectivity index is 2.74. The Kier molecular flexibility index (Phi) is 3.11. The Morgan fingerprint density at radius 3 is 2.24 bits per heavy atom. The summed E-state index contributed by atoms with van der Waals surface area (Å²) in [6.07, 6.45) is 5.95. The van der Waals surface area contributed by atoms with Crippen LogP contribution in [0.5, 0.6) is 0 Å². The highest BCUT2D eigenvalue weighted by Gasteiger charge is 2.25. The molecule has 88 valence electrons. The number of carbonyl (C=O) groups excluding carboxylic acids is 2. The molecule has 0 N–H and O–H groups in total. The molecule has 0 bridgehead atoms. The highest BCUT2D eigenvalue weighted by Crippen LogP contribution is 2.26. The second-order valence-corrected chi connectivity index (χ2v) is 6.24. The number of rotatable bonds is 1. The second kappa shape index (κ2) is 4.41. The van der Waals surface area contributed by atoms with Gasteiger partial charge in [0, 0.05) is 10.4 Å². The van der Waals surface area contributed by atoms with E-state index in [1.54, 1.807) is 12.1 Å². The van der Waals surface area contributed by atoms with Gasteiger partial charge in [-0.3, -0.25) is 9.59 Å². The normalized spacial score (nSPS) is 14.7. The molecule has 0 amide bonds. The summed E-state index contributed by atoms with van der Waals surface area (Å²) >= 11 is 0. The molecule has 3 heteroatoms. The van der Waals surface area contributed by atoms with Crippen LogP contribution in [0.1, 0.15) is 22.8 Å². The van der Waals surface area contributed by atoms with Crippen LogP contribution in [0.4, 0.5) is 0 Å². The van der Waals surface area contributed by atoms with E-state index >= 15 is 0 Å². The maximum absolute atomic E-state index is 12.1. The van der Waals surface area contributed by atoms with Crippen LogP contribution in [0.3, 0.4) is 0 Å². The molecule has 0 spiro atoms. The van der Waals surface area contributed by atoms with E-state index in [0.717, 1.165) is 10.4 Å². The van der Waals surface area contributed by atoms with E-state index in [0.29, 0.717) is 11.1 Å². The van der Waals surface area contributed by atoms with E-state index in [2.05, 4.69) is 12.5 Å². The van der Waals surface area contributed by atoms with Gasteiger partial charge in [0.25, 0.3) is 0 Å². The molecule has 2 nitrogen and oxygen atoms in total. The first-order valence-corrected chi connectivity index (χ1v) is 7.37. The van der Waals surface area contributed by atoms with Crippen LogP contribution >= 0.6 is 10.5 Å². The van der Waals surface area contributed by atoms with Gasteiger partial charge in [-0.15, -0.1) is 0 Å². The summed E-state index contributed by atoms with van der Waals surface area (Å²) in [5, 5.41) is 0. The quantitative estimate of drug-likeness (QED) is 0.563. The summed E-state index contributed by atoms with van der Waals surface area (Å²) in [6, 6.07) is 7.50. The summed E-state index contributed by atoms with van der Waals surface area (Å²) in [6.45, 7) is 1.44. The van der Waals surface area contributed by atoms with Crippen molar-refractivity contribution in [2.75, 3.05) is 12.5 Å². The maximum Gasteiger partial charge on any atom is 0.197 e. The predicted molar refractivity (Wildman–Crippen MR) is 73.1 cm³/mol. The average Bonchev–Trinajstić information content (AvgIpc) is 2.29. The van der Waals surface area contributed by atoms with Gasteiger partial charge in [0.2, 0.25) is 0 Å². The molecule has 0 aliphatic heterocycles. The second-order valence-electron chi connectivity index (χ2n) is 4.17. The molecule has 1 aliphatic rings. The van der Waals surface area contributed by atoms with Crippen LogP contribution in [-0.4, -0.2) is 28.9 Å². The Morgan fingerprint density at radius 2 is 1.71 bits per heavy atom.